The summed E-state index contributed by atoms with van der Waals surface area (Å²) in [4.78, 5) is 75.5. The maximum atomic E-state index is 13.2. The van der Waals surface area contributed by atoms with E-state index in [4.69, 9.17) is 9.47 Å². The molecule has 49 heavy (non-hydrogen) atoms. The molecule has 1 fully saturated rings. The van der Waals surface area contributed by atoms with Gasteiger partial charge in [0.2, 0.25) is 17.7 Å². The molecule has 0 aliphatic carbocycles. The fourth-order valence-corrected chi connectivity index (χ4v) is 6.88. The van der Waals surface area contributed by atoms with Crippen LogP contribution in [0.15, 0.2) is 64.4 Å². The number of benzene rings is 3. The number of fused-ring (bicyclic) bond motifs is 3. The fourth-order valence-electron chi connectivity index (χ4n) is 5.83. The number of nitro groups is 1. The van der Waals surface area contributed by atoms with Gasteiger partial charge in [-0.1, -0.05) is 30.7 Å². The highest BCUT2D eigenvalue weighted by atomic mass is 32.2. The smallest absolute Gasteiger partial charge is 0.270 e. The Bertz CT molecular complexity index is 1850. The molecule has 3 N–H and O–H groups in total. The lowest BCUT2D eigenvalue weighted by molar-refractivity contribution is -0.385. The zero-order valence-electron chi connectivity index (χ0n) is 26.3. The van der Waals surface area contributed by atoms with Gasteiger partial charge in [0.15, 0.2) is 0 Å². The molecule has 5 amide bonds. The van der Waals surface area contributed by atoms with Crippen molar-refractivity contribution in [3.05, 3.63) is 75.8 Å². The van der Waals surface area contributed by atoms with Crippen LogP contribution < -0.4 is 25.4 Å². The summed E-state index contributed by atoms with van der Waals surface area (Å²) in [6.45, 7) is 0.932. The van der Waals surface area contributed by atoms with Gasteiger partial charge in [-0.25, -0.2) is 0 Å². The van der Waals surface area contributed by atoms with Crippen LogP contribution in [-0.4, -0.2) is 65.2 Å². The number of nitro benzene ring substituents is 1. The van der Waals surface area contributed by atoms with Gasteiger partial charge >= 0.3 is 0 Å². The average molecular weight is 688 g/mol. The van der Waals surface area contributed by atoms with Crippen molar-refractivity contribution >= 4 is 58.4 Å². The van der Waals surface area contributed by atoms with Crippen LogP contribution >= 0.6 is 11.8 Å². The topological polar surface area (TPSA) is 186 Å². The summed E-state index contributed by atoms with van der Waals surface area (Å²) in [7, 11) is 0. The van der Waals surface area contributed by atoms with Crippen molar-refractivity contribution in [3.63, 3.8) is 0 Å². The average Bonchev–Trinajstić information content (AvgIpc) is 3.34. The zero-order valence-corrected chi connectivity index (χ0v) is 27.1. The Morgan fingerprint density at radius 2 is 1.69 bits per heavy atom. The predicted molar refractivity (Wildman–Crippen MR) is 177 cm³/mol. The van der Waals surface area contributed by atoms with Gasteiger partial charge < -0.3 is 20.1 Å². The van der Waals surface area contributed by atoms with E-state index in [1.165, 1.54) is 30.0 Å². The first-order valence-electron chi connectivity index (χ1n) is 15.9. The van der Waals surface area contributed by atoms with Crippen molar-refractivity contribution in [1.29, 1.82) is 0 Å². The van der Waals surface area contributed by atoms with E-state index in [1.807, 2.05) is 18.2 Å². The summed E-state index contributed by atoms with van der Waals surface area (Å²) in [5.41, 5.74) is 2.01. The molecule has 3 aromatic rings. The molecule has 0 aromatic heterocycles. The van der Waals surface area contributed by atoms with E-state index in [2.05, 4.69) is 16.0 Å². The summed E-state index contributed by atoms with van der Waals surface area (Å²) < 4.78 is 11.7. The summed E-state index contributed by atoms with van der Waals surface area (Å²) >= 11 is 1.42. The van der Waals surface area contributed by atoms with Gasteiger partial charge in [-0.15, -0.1) is 0 Å². The summed E-state index contributed by atoms with van der Waals surface area (Å²) in [5.74, 6) is -1.46. The summed E-state index contributed by atoms with van der Waals surface area (Å²) in [6.07, 6.45) is 3.46. The molecule has 3 heterocycles. The van der Waals surface area contributed by atoms with Crippen LogP contribution in [0.25, 0.3) is 0 Å². The number of ether oxygens (including phenoxy) is 2. The number of carbonyl (C=O) groups excluding carboxylic acids is 5. The number of nitrogens with one attached hydrogen (secondary N) is 3. The summed E-state index contributed by atoms with van der Waals surface area (Å²) in [5, 5.41) is 19.4. The highest BCUT2D eigenvalue weighted by molar-refractivity contribution is 7.99. The van der Waals surface area contributed by atoms with E-state index < -0.39 is 34.6 Å². The third-order valence-electron chi connectivity index (χ3n) is 8.30. The Kier molecular flexibility index (Phi) is 10.1. The second-order valence-electron chi connectivity index (χ2n) is 11.7. The van der Waals surface area contributed by atoms with Gasteiger partial charge in [-0.05, 0) is 55.7 Å². The maximum absolute atomic E-state index is 13.2. The minimum atomic E-state index is -1.04. The van der Waals surface area contributed by atoms with Gasteiger partial charge in [0.1, 0.15) is 24.1 Å². The minimum Gasteiger partial charge on any atom is -0.493 e. The van der Waals surface area contributed by atoms with Crippen molar-refractivity contribution in [2.75, 3.05) is 25.1 Å². The Morgan fingerprint density at radius 1 is 0.918 bits per heavy atom. The molecule has 15 heteroatoms. The number of anilines is 2. The molecule has 0 spiro atoms. The molecular weight excluding hydrogens is 654 g/mol. The normalized spacial score (nSPS) is 16.2. The number of hydrogen-bond acceptors (Lipinski definition) is 11. The molecule has 3 aliphatic rings. The number of piperidine rings is 1. The Morgan fingerprint density at radius 3 is 2.49 bits per heavy atom. The van der Waals surface area contributed by atoms with E-state index in [1.54, 1.807) is 18.2 Å². The van der Waals surface area contributed by atoms with E-state index in [0.29, 0.717) is 38.2 Å². The number of nitrogens with zero attached hydrogens (tertiary/aromatic N) is 2. The van der Waals surface area contributed by atoms with Crippen LogP contribution in [0.4, 0.5) is 17.1 Å². The van der Waals surface area contributed by atoms with Gasteiger partial charge in [-0.2, -0.15) is 0 Å². The monoisotopic (exact) mass is 687 g/mol. The lowest BCUT2D eigenvalue weighted by atomic mass is 10.0. The van der Waals surface area contributed by atoms with Crippen molar-refractivity contribution in [3.8, 4) is 11.5 Å². The van der Waals surface area contributed by atoms with E-state index in [-0.39, 0.29) is 47.9 Å². The van der Waals surface area contributed by atoms with Gasteiger partial charge in [0.25, 0.3) is 17.5 Å². The summed E-state index contributed by atoms with van der Waals surface area (Å²) in [6, 6.07) is 14.0. The number of unbranched alkanes of at least 4 members (excludes halogenated alkanes) is 3. The van der Waals surface area contributed by atoms with Crippen LogP contribution in [0, 0.1) is 10.1 Å². The lowest BCUT2D eigenvalue weighted by Gasteiger charge is -2.27. The molecule has 3 aliphatic heterocycles. The van der Waals surface area contributed by atoms with E-state index >= 15 is 0 Å². The highest BCUT2D eigenvalue weighted by Gasteiger charge is 2.46. The lowest BCUT2D eigenvalue weighted by Crippen LogP contribution is -2.54. The first-order valence-corrected chi connectivity index (χ1v) is 16.8. The largest absolute Gasteiger partial charge is 0.493 e. The molecule has 254 valence electrons. The zero-order chi connectivity index (χ0) is 34.5. The molecule has 3 aromatic carbocycles. The third-order valence-corrected chi connectivity index (χ3v) is 9.41. The highest BCUT2D eigenvalue weighted by Crippen LogP contribution is 2.46. The number of amides is 5. The Labute approximate surface area is 285 Å². The third kappa shape index (κ3) is 7.51. The second kappa shape index (κ2) is 14.8. The predicted octanol–water partition coefficient (Wildman–Crippen LogP) is 4.73. The number of non-ortho nitro benzene ring substituents is 1. The standard InChI is InChI=1S/C34H33N5O9S/c40-29(35-15-17-47-21-10-12-24-28(19-21)49-27-18-20(39(45)46)9-11-23(27)36-24)8-3-1-2-4-16-48-26-7-5-6-22-31(26)34(44)38(33(22)43)25-13-14-30(41)37-32(25)42/h5-7,9-12,18-19,25,36H,1-4,8,13-17H2,(H,35,40)(H,37,41,42). The van der Waals surface area contributed by atoms with Crippen molar-refractivity contribution < 1.29 is 38.4 Å². The number of carbonyl (C=O) groups is 5. The molecule has 6 rings (SSSR count). The molecule has 0 saturated carbocycles. The van der Waals surface area contributed by atoms with E-state index in [0.717, 1.165) is 38.9 Å². The Balaban J connectivity index is 0.864. The van der Waals surface area contributed by atoms with Crippen LogP contribution in [0.1, 0.15) is 65.7 Å². The van der Waals surface area contributed by atoms with Gasteiger partial charge in [0.05, 0.1) is 40.6 Å². The van der Waals surface area contributed by atoms with Gasteiger partial charge in [0, 0.05) is 34.8 Å². The van der Waals surface area contributed by atoms with Crippen LogP contribution in [-0.2, 0) is 14.4 Å². The fraction of sp³-hybridized carbons (Fsp3) is 0.324. The minimum absolute atomic E-state index is 0.0284. The first kappa shape index (κ1) is 33.5. The molecule has 1 atom stereocenters. The van der Waals surface area contributed by atoms with Gasteiger partial charge in [-0.3, -0.25) is 44.3 Å². The number of rotatable bonds is 14. The molecule has 0 radical (unpaired) electrons. The number of imide groups is 2. The quantitative estimate of drug-likeness (QED) is 0.0720. The molecular formula is C34H33N5O9S. The molecule has 0 bridgehead atoms. The van der Waals surface area contributed by atoms with Crippen molar-refractivity contribution in [1.82, 2.24) is 15.5 Å². The SMILES string of the molecule is O=C(CCCCCCOc1cccc2c1C(=O)N(C1CCC(=O)NC1=O)C2=O)NCCOc1ccc2c(c1)Sc1cc([N+](=O)[O-])ccc1N2. The van der Waals surface area contributed by atoms with Crippen LogP contribution in [0.2, 0.25) is 0 Å². The van der Waals surface area contributed by atoms with E-state index in [9.17, 15) is 34.1 Å². The van der Waals surface area contributed by atoms with Crippen LogP contribution in [0.3, 0.4) is 0 Å². The number of hydrogen-bond donors (Lipinski definition) is 3. The van der Waals surface area contributed by atoms with Crippen LogP contribution in [0.5, 0.6) is 11.5 Å². The Hall–Kier alpha value is -5.44. The van der Waals surface area contributed by atoms with Crippen molar-refractivity contribution in [2.45, 2.75) is 60.8 Å². The first-order chi connectivity index (χ1) is 23.7. The molecule has 1 unspecified atom stereocenters. The maximum Gasteiger partial charge on any atom is 0.270 e. The second-order valence-corrected chi connectivity index (χ2v) is 12.7. The molecule has 14 nitrogen and oxygen atoms in total. The van der Waals surface area contributed by atoms with Crippen molar-refractivity contribution in [2.24, 2.45) is 0 Å². The molecule has 1 saturated heterocycles.